The molecule has 0 saturated heterocycles. The minimum absolute atomic E-state index is 0.142. The molecule has 1 aromatic carbocycles. The van der Waals surface area contributed by atoms with E-state index in [0.29, 0.717) is 5.56 Å². The Morgan fingerprint density at radius 2 is 2.00 bits per heavy atom. The number of aromatic nitrogens is 1. The summed E-state index contributed by atoms with van der Waals surface area (Å²) < 4.78 is 0. The summed E-state index contributed by atoms with van der Waals surface area (Å²) in [6.07, 6.45) is 2.83. The molecule has 2 aromatic rings. The first kappa shape index (κ1) is 14.1. The van der Waals surface area contributed by atoms with Gasteiger partial charge in [-0.05, 0) is 49.4 Å². The predicted molar refractivity (Wildman–Crippen MR) is 83.7 cm³/mol. The molecule has 0 spiro atoms. The number of nitrogens with zero attached hydrogens (tertiary/aromatic N) is 1. The normalized spacial score (nSPS) is 17.1. The van der Waals surface area contributed by atoms with E-state index >= 15 is 0 Å². The van der Waals surface area contributed by atoms with Crippen LogP contribution in [0.15, 0.2) is 36.4 Å². The molecule has 21 heavy (non-hydrogen) atoms. The van der Waals surface area contributed by atoms with Crippen molar-refractivity contribution in [3.63, 3.8) is 0 Å². The van der Waals surface area contributed by atoms with Crippen LogP contribution in [0.1, 0.15) is 33.6 Å². The first-order chi connectivity index (χ1) is 10.1. The monoisotopic (exact) mass is 300 g/mol. The maximum Gasteiger partial charge on any atom is 0.254 e. The lowest BCUT2D eigenvalue weighted by atomic mass is 9.88. The standard InChI is InChI=1S/C17H17ClN2O/c1-11-6-9-15(16(18)19-11)17(21)20-14-8-7-12-4-2-3-5-13(12)10-14/h2-6,9,14H,7-8,10H2,1H3,(H,20,21)/t14-/m1/s1. The molecule has 0 fully saturated rings. The highest BCUT2D eigenvalue weighted by Gasteiger charge is 2.21. The minimum atomic E-state index is -0.142. The van der Waals surface area contributed by atoms with E-state index in [1.807, 2.05) is 13.0 Å². The number of hydrogen-bond acceptors (Lipinski definition) is 2. The number of halogens is 1. The highest BCUT2D eigenvalue weighted by Crippen LogP contribution is 2.22. The van der Waals surface area contributed by atoms with Crippen LogP contribution in [0, 0.1) is 6.92 Å². The van der Waals surface area contributed by atoms with Gasteiger partial charge < -0.3 is 5.32 Å². The zero-order valence-electron chi connectivity index (χ0n) is 11.9. The van der Waals surface area contributed by atoms with E-state index < -0.39 is 0 Å². The van der Waals surface area contributed by atoms with Crippen LogP contribution in [0.5, 0.6) is 0 Å². The van der Waals surface area contributed by atoms with Crippen molar-refractivity contribution in [1.29, 1.82) is 0 Å². The van der Waals surface area contributed by atoms with Gasteiger partial charge in [0.1, 0.15) is 5.15 Å². The number of carbonyl (C=O) groups excluding carboxylic acids is 1. The van der Waals surface area contributed by atoms with Crippen molar-refractivity contribution in [2.24, 2.45) is 0 Å². The van der Waals surface area contributed by atoms with Crippen molar-refractivity contribution in [3.8, 4) is 0 Å². The second kappa shape index (κ2) is 5.86. The van der Waals surface area contributed by atoms with Crippen LogP contribution in [0.4, 0.5) is 0 Å². The number of hydrogen-bond donors (Lipinski definition) is 1. The molecule has 0 aliphatic heterocycles. The first-order valence-corrected chi connectivity index (χ1v) is 7.52. The van der Waals surface area contributed by atoms with Crippen LogP contribution in [0.2, 0.25) is 5.15 Å². The maximum atomic E-state index is 12.3. The third-order valence-corrected chi connectivity index (χ3v) is 4.20. The molecule has 4 heteroatoms. The van der Waals surface area contributed by atoms with Gasteiger partial charge in [0, 0.05) is 11.7 Å². The average molecular weight is 301 g/mol. The molecule has 0 radical (unpaired) electrons. The molecule has 3 nitrogen and oxygen atoms in total. The molecule has 1 atom stereocenters. The van der Waals surface area contributed by atoms with E-state index in [2.05, 4.69) is 28.5 Å². The van der Waals surface area contributed by atoms with Gasteiger partial charge in [0.25, 0.3) is 5.91 Å². The molecule has 3 rings (SSSR count). The van der Waals surface area contributed by atoms with Gasteiger partial charge in [-0.15, -0.1) is 0 Å². The number of carbonyl (C=O) groups is 1. The molecular weight excluding hydrogens is 284 g/mol. The molecule has 1 N–H and O–H groups in total. The molecule has 1 aromatic heterocycles. The molecule has 0 saturated carbocycles. The summed E-state index contributed by atoms with van der Waals surface area (Å²) in [5, 5.41) is 3.34. The van der Waals surface area contributed by atoms with E-state index in [1.54, 1.807) is 12.1 Å². The molecule has 1 amide bonds. The van der Waals surface area contributed by atoms with Crippen molar-refractivity contribution in [2.75, 3.05) is 0 Å². The SMILES string of the molecule is Cc1ccc(C(=O)N[C@@H]2CCc3ccccc3C2)c(Cl)n1. The molecular formula is C17H17ClN2O. The smallest absolute Gasteiger partial charge is 0.254 e. The van der Waals surface area contributed by atoms with E-state index in [9.17, 15) is 4.79 Å². The number of nitrogens with one attached hydrogen (secondary N) is 1. The van der Waals surface area contributed by atoms with Crippen LogP contribution in [-0.2, 0) is 12.8 Å². The second-order valence-electron chi connectivity index (χ2n) is 5.47. The van der Waals surface area contributed by atoms with Crippen molar-refractivity contribution in [1.82, 2.24) is 10.3 Å². The average Bonchev–Trinajstić information content (AvgIpc) is 2.47. The van der Waals surface area contributed by atoms with E-state index in [0.717, 1.165) is 25.0 Å². The lowest BCUT2D eigenvalue weighted by Crippen LogP contribution is -2.39. The maximum absolute atomic E-state index is 12.3. The molecule has 0 bridgehead atoms. The number of fused-ring (bicyclic) bond motifs is 1. The Kier molecular flexibility index (Phi) is 3.93. The fraction of sp³-hybridized carbons (Fsp3) is 0.294. The molecule has 1 aliphatic rings. The predicted octanol–water partition coefficient (Wildman–Crippen LogP) is 3.33. The fourth-order valence-corrected chi connectivity index (χ4v) is 3.06. The summed E-state index contributed by atoms with van der Waals surface area (Å²) in [6, 6.07) is 12.1. The number of amides is 1. The van der Waals surface area contributed by atoms with Gasteiger partial charge in [-0.1, -0.05) is 35.9 Å². The second-order valence-corrected chi connectivity index (χ2v) is 5.83. The van der Waals surface area contributed by atoms with E-state index in [-0.39, 0.29) is 17.1 Å². The van der Waals surface area contributed by atoms with Gasteiger partial charge in [0.05, 0.1) is 5.56 Å². The van der Waals surface area contributed by atoms with Gasteiger partial charge >= 0.3 is 0 Å². The largest absolute Gasteiger partial charge is 0.349 e. The van der Waals surface area contributed by atoms with Crippen molar-refractivity contribution in [2.45, 2.75) is 32.2 Å². The number of aryl methyl sites for hydroxylation is 2. The van der Waals surface area contributed by atoms with E-state index in [4.69, 9.17) is 11.6 Å². The Balaban J connectivity index is 1.71. The minimum Gasteiger partial charge on any atom is -0.349 e. The van der Waals surface area contributed by atoms with Crippen LogP contribution in [0.25, 0.3) is 0 Å². The van der Waals surface area contributed by atoms with Crippen LogP contribution in [-0.4, -0.2) is 16.9 Å². The Morgan fingerprint density at radius 3 is 2.76 bits per heavy atom. The Labute approximate surface area is 129 Å². The van der Waals surface area contributed by atoms with Crippen LogP contribution >= 0.6 is 11.6 Å². The Hall–Kier alpha value is -1.87. The molecule has 0 unspecified atom stereocenters. The Morgan fingerprint density at radius 1 is 1.24 bits per heavy atom. The summed E-state index contributed by atoms with van der Waals surface area (Å²) in [5.74, 6) is -0.142. The lowest BCUT2D eigenvalue weighted by Gasteiger charge is -2.25. The topological polar surface area (TPSA) is 42.0 Å². The zero-order chi connectivity index (χ0) is 14.8. The summed E-state index contributed by atoms with van der Waals surface area (Å²) >= 11 is 6.05. The summed E-state index contributed by atoms with van der Waals surface area (Å²) in [6.45, 7) is 1.85. The van der Waals surface area contributed by atoms with Gasteiger partial charge in [0.2, 0.25) is 0 Å². The highest BCUT2D eigenvalue weighted by molar-refractivity contribution is 6.32. The van der Waals surface area contributed by atoms with Crippen molar-refractivity contribution in [3.05, 3.63) is 63.9 Å². The lowest BCUT2D eigenvalue weighted by molar-refractivity contribution is 0.0933. The van der Waals surface area contributed by atoms with Crippen molar-refractivity contribution >= 4 is 17.5 Å². The van der Waals surface area contributed by atoms with Gasteiger partial charge in [0.15, 0.2) is 0 Å². The van der Waals surface area contributed by atoms with E-state index in [1.165, 1.54) is 11.1 Å². The molecule has 1 heterocycles. The quantitative estimate of drug-likeness (QED) is 0.864. The number of rotatable bonds is 2. The first-order valence-electron chi connectivity index (χ1n) is 7.14. The zero-order valence-corrected chi connectivity index (χ0v) is 12.7. The molecule has 108 valence electrons. The van der Waals surface area contributed by atoms with Crippen molar-refractivity contribution < 1.29 is 4.79 Å². The summed E-state index contributed by atoms with van der Waals surface area (Å²) in [7, 11) is 0. The number of benzene rings is 1. The third kappa shape index (κ3) is 3.08. The van der Waals surface area contributed by atoms with Gasteiger partial charge in [-0.25, -0.2) is 4.98 Å². The van der Waals surface area contributed by atoms with Crippen LogP contribution < -0.4 is 5.32 Å². The Bertz CT molecular complexity index is 684. The highest BCUT2D eigenvalue weighted by atomic mass is 35.5. The summed E-state index contributed by atoms with van der Waals surface area (Å²) in [5.41, 5.74) is 3.96. The summed E-state index contributed by atoms with van der Waals surface area (Å²) in [4.78, 5) is 16.4. The van der Waals surface area contributed by atoms with Gasteiger partial charge in [-0.2, -0.15) is 0 Å². The fourth-order valence-electron chi connectivity index (χ4n) is 2.78. The number of pyridine rings is 1. The van der Waals surface area contributed by atoms with Gasteiger partial charge in [-0.3, -0.25) is 4.79 Å². The third-order valence-electron chi connectivity index (χ3n) is 3.91. The molecule has 1 aliphatic carbocycles. The van der Waals surface area contributed by atoms with Crippen LogP contribution in [0.3, 0.4) is 0 Å².